The van der Waals surface area contributed by atoms with Crippen molar-refractivity contribution in [2.75, 3.05) is 0 Å². The van der Waals surface area contributed by atoms with Gasteiger partial charge in [0.25, 0.3) is 0 Å². The Morgan fingerprint density at radius 2 is 2.30 bits per heavy atom. The molecule has 0 unspecified atom stereocenters. The summed E-state index contributed by atoms with van der Waals surface area (Å²) in [5.41, 5.74) is 0.964. The number of benzene rings is 1. The van der Waals surface area contributed by atoms with Crippen molar-refractivity contribution in [3.8, 4) is 5.75 Å². The molecule has 0 bridgehead atoms. The second kappa shape index (κ2) is 5.96. The lowest BCUT2D eigenvalue weighted by Crippen LogP contribution is -1.99. The second-order valence-corrected chi connectivity index (χ2v) is 4.10. The Labute approximate surface area is 114 Å². The molecule has 0 spiro atoms. The molecule has 2 aromatic rings. The van der Waals surface area contributed by atoms with Gasteiger partial charge in [0.05, 0.1) is 11.1 Å². The molecule has 1 heterocycles. The first-order chi connectivity index (χ1) is 9.63. The van der Waals surface area contributed by atoms with Crippen LogP contribution < -0.4 is 4.74 Å². The number of hydrogen-bond donors (Lipinski definition) is 0. The minimum absolute atomic E-state index is 0.0730. The maximum Gasteiger partial charge on any atom is 0.310 e. The van der Waals surface area contributed by atoms with E-state index in [1.807, 2.05) is 6.92 Å². The maximum atomic E-state index is 10.9. The fraction of sp³-hybridized carbons (Fsp3) is 0.231. The Morgan fingerprint density at radius 3 is 2.90 bits per heavy atom. The fourth-order valence-corrected chi connectivity index (χ4v) is 1.69. The van der Waals surface area contributed by atoms with E-state index in [1.165, 1.54) is 18.2 Å². The molecule has 104 valence electrons. The number of hydrogen-bond acceptors (Lipinski definition) is 5. The number of nitro groups is 1. The number of aromatic nitrogens is 2. The van der Waals surface area contributed by atoms with Gasteiger partial charge < -0.3 is 4.74 Å². The summed E-state index contributed by atoms with van der Waals surface area (Å²) in [6.45, 7) is 2.85. The minimum atomic E-state index is -0.542. The van der Waals surface area contributed by atoms with Crippen LogP contribution in [-0.4, -0.2) is 21.0 Å². The van der Waals surface area contributed by atoms with E-state index in [9.17, 15) is 14.9 Å². The summed E-state index contributed by atoms with van der Waals surface area (Å²) in [5, 5.41) is 15.0. The van der Waals surface area contributed by atoms with Gasteiger partial charge in [0.2, 0.25) is 0 Å². The summed E-state index contributed by atoms with van der Waals surface area (Å²) >= 11 is 0. The van der Waals surface area contributed by atoms with E-state index in [2.05, 4.69) is 5.10 Å². The molecule has 0 saturated heterocycles. The van der Waals surface area contributed by atoms with E-state index >= 15 is 0 Å². The van der Waals surface area contributed by atoms with Crippen molar-refractivity contribution in [3.63, 3.8) is 0 Å². The van der Waals surface area contributed by atoms with Gasteiger partial charge in [-0.05, 0) is 19.1 Å². The van der Waals surface area contributed by atoms with Crippen molar-refractivity contribution >= 4 is 12.0 Å². The van der Waals surface area contributed by atoms with E-state index in [-0.39, 0.29) is 18.0 Å². The van der Waals surface area contributed by atoms with Gasteiger partial charge in [0.15, 0.2) is 5.75 Å². The number of nitro benzene ring substituents is 1. The van der Waals surface area contributed by atoms with E-state index in [0.717, 1.165) is 12.1 Å². The third-order valence-electron chi connectivity index (χ3n) is 2.72. The molecule has 0 amide bonds. The summed E-state index contributed by atoms with van der Waals surface area (Å²) in [6.07, 6.45) is 4.06. The van der Waals surface area contributed by atoms with Gasteiger partial charge >= 0.3 is 5.69 Å². The van der Waals surface area contributed by atoms with Crippen LogP contribution in [-0.2, 0) is 13.2 Å². The lowest BCUT2D eigenvalue weighted by molar-refractivity contribution is -0.385. The predicted molar refractivity (Wildman–Crippen MR) is 70.7 cm³/mol. The number of nitrogens with zero attached hydrogens (tertiary/aromatic N) is 3. The van der Waals surface area contributed by atoms with Crippen LogP contribution in [0.15, 0.2) is 30.6 Å². The highest BCUT2D eigenvalue weighted by molar-refractivity contribution is 5.76. The van der Waals surface area contributed by atoms with Crippen LogP contribution in [0.3, 0.4) is 0 Å². The highest BCUT2D eigenvalue weighted by Crippen LogP contribution is 2.28. The molecule has 0 saturated carbocycles. The largest absolute Gasteiger partial charge is 0.482 e. The highest BCUT2D eigenvalue weighted by Gasteiger charge is 2.15. The zero-order valence-electron chi connectivity index (χ0n) is 10.9. The number of rotatable bonds is 6. The van der Waals surface area contributed by atoms with Crippen LogP contribution in [0.1, 0.15) is 22.8 Å². The van der Waals surface area contributed by atoms with E-state index in [0.29, 0.717) is 11.8 Å². The van der Waals surface area contributed by atoms with Crippen molar-refractivity contribution in [1.82, 2.24) is 9.78 Å². The smallest absolute Gasteiger partial charge is 0.310 e. The third-order valence-corrected chi connectivity index (χ3v) is 2.72. The first-order valence-corrected chi connectivity index (χ1v) is 6.01. The number of carbonyl (C=O) groups is 1. The zero-order valence-corrected chi connectivity index (χ0v) is 10.9. The highest BCUT2D eigenvalue weighted by atomic mass is 16.6. The van der Waals surface area contributed by atoms with E-state index in [4.69, 9.17) is 4.74 Å². The first-order valence-electron chi connectivity index (χ1n) is 6.01. The van der Waals surface area contributed by atoms with Gasteiger partial charge in [-0.25, -0.2) is 0 Å². The lowest BCUT2D eigenvalue weighted by Gasteiger charge is -2.05. The molecular formula is C13H13N3O4. The topological polar surface area (TPSA) is 87.3 Å². The molecule has 1 aromatic carbocycles. The zero-order chi connectivity index (χ0) is 14.5. The molecule has 0 fully saturated rings. The summed E-state index contributed by atoms with van der Waals surface area (Å²) in [5.74, 6) is 0.0730. The third kappa shape index (κ3) is 3.00. The van der Waals surface area contributed by atoms with Crippen LogP contribution in [0.4, 0.5) is 5.69 Å². The number of carbonyl (C=O) groups excluding carboxylic acids is 1. The van der Waals surface area contributed by atoms with Gasteiger partial charge in [-0.2, -0.15) is 5.10 Å². The predicted octanol–water partition coefficient (Wildman–Crippen LogP) is 2.20. The van der Waals surface area contributed by atoms with Gasteiger partial charge in [0.1, 0.15) is 12.9 Å². The average molecular weight is 275 g/mol. The van der Waals surface area contributed by atoms with Gasteiger partial charge in [-0.15, -0.1) is 0 Å². The second-order valence-electron chi connectivity index (χ2n) is 4.10. The van der Waals surface area contributed by atoms with Gasteiger partial charge in [-0.3, -0.25) is 19.6 Å². The summed E-state index contributed by atoms with van der Waals surface area (Å²) in [6, 6.07) is 4.00. The molecule has 20 heavy (non-hydrogen) atoms. The van der Waals surface area contributed by atoms with Gasteiger partial charge in [-0.1, -0.05) is 0 Å². The van der Waals surface area contributed by atoms with E-state index in [1.54, 1.807) is 17.1 Å². The molecule has 2 rings (SSSR count). The Morgan fingerprint density at radius 1 is 1.50 bits per heavy atom. The SMILES string of the molecule is CCn1cc(COc2cc(C=O)ccc2[N+](=O)[O-])cn1. The number of aldehydes is 1. The molecule has 7 heteroatoms. The summed E-state index contributed by atoms with van der Waals surface area (Å²) in [7, 11) is 0. The van der Waals surface area contributed by atoms with Crippen molar-refractivity contribution < 1.29 is 14.5 Å². The Balaban J connectivity index is 2.18. The fourth-order valence-electron chi connectivity index (χ4n) is 1.69. The standard InChI is InChI=1S/C13H13N3O4/c1-2-15-7-11(6-14-15)9-20-13-5-10(8-17)3-4-12(13)16(18)19/h3-8H,2,9H2,1H3. The van der Waals surface area contributed by atoms with Crippen molar-refractivity contribution in [2.24, 2.45) is 0 Å². The lowest BCUT2D eigenvalue weighted by atomic mass is 10.2. The summed E-state index contributed by atoms with van der Waals surface area (Å²) < 4.78 is 7.16. The average Bonchev–Trinajstić information content (AvgIpc) is 2.92. The summed E-state index contributed by atoms with van der Waals surface area (Å²) in [4.78, 5) is 21.1. The van der Waals surface area contributed by atoms with Crippen LogP contribution in [0.25, 0.3) is 0 Å². The molecule has 0 aliphatic rings. The van der Waals surface area contributed by atoms with Crippen LogP contribution in [0.2, 0.25) is 0 Å². The number of aryl methyl sites for hydroxylation is 1. The van der Waals surface area contributed by atoms with Crippen LogP contribution in [0.5, 0.6) is 5.75 Å². The molecule has 0 radical (unpaired) electrons. The Bertz CT molecular complexity index is 636. The molecule has 1 aromatic heterocycles. The Hall–Kier alpha value is -2.70. The number of ether oxygens (including phenoxy) is 1. The molecular weight excluding hydrogens is 262 g/mol. The van der Waals surface area contributed by atoms with Crippen molar-refractivity contribution in [1.29, 1.82) is 0 Å². The van der Waals surface area contributed by atoms with Crippen molar-refractivity contribution in [3.05, 3.63) is 51.8 Å². The normalized spacial score (nSPS) is 10.2. The Kier molecular flexibility index (Phi) is 4.09. The molecule has 0 atom stereocenters. The quantitative estimate of drug-likeness (QED) is 0.458. The molecule has 0 N–H and O–H groups in total. The van der Waals surface area contributed by atoms with E-state index < -0.39 is 4.92 Å². The van der Waals surface area contributed by atoms with Gasteiger partial charge in [0, 0.05) is 29.9 Å². The monoisotopic (exact) mass is 275 g/mol. The minimum Gasteiger partial charge on any atom is -0.482 e. The maximum absolute atomic E-state index is 10.9. The van der Waals surface area contributed by atoms with Crippen LogP contribution in [0, 0.1) is 10.1 Å². The molecule has 0 aliphatic heterocycles. The molecule has 0 aliphatic carbocycles. The molecule has 7 nitrogen and oxygen atoms in total. The first kappa shape index (κ1) is 13.7. The van der Waals surface area contributed by atoms with Crippen molar-refractivity contribution in [2.45, 2.75) is 20.1 Å². The van der Waals surface area contributed by atoms with Crippen LogP contribution >= 0.6 is 0 Å².